The van der Waals surface area contributed by atoms with Crippen molar-refractivity contribution in [3.8, 4) is 0 Å². The van der Waals surface area contributed by atoms with E-state index < -0.39 is 0 Å². The van der Waals surface area contributed by atoms with Crippen molar-refractivity contribution in [3.63, 3.8) is 0 Å². The van der Waals surface area contributed by atoms with E-state index in [2.05, 4.69) is 91.8 Å². The largest absolute Gasteiger partial charge is 0.306 e. The molecule has 0 saturated carbocycles. The predicted octanol–water partition coefficient (Wildman–Crippen LogP) is 6.30. The van der Waals surface area contributed by atoms with Crippen LogP contribution in [0.5, 0.6) is 0 Å². The molecule has 1 unspecified atom stereocenters. The first-order chi connectivity index (χ1) is 12.2. The highest BCUT2D eigenvalue weighted by Crippen LogP contribution is 2.28. The van der Waals surface area contributed by atoms with Gasteiger partial charge in [-0.1, -0.05) is 87.0 Å². The third kappa shape index (κ3) is 6.56. The summed E-state index contributed by atoms with van der Waals surface area (Å²) in [7, 11) is 0. The quantitative estimate of drug-likeness (QED) is 0.504. The molecule has 0 aliphatic rings. The molecule has 0 fully saturated rings. The van der Waals surface area contributed by atoms with Gasteiger partial charge in [0, 0.05) is 17.5 Å². The van der Waals surface area contributed by atoms with Crippen LogP contribution in [0, 0.1) is 0 Å². The van der Waals surface area contributed by atoms with Crippen LogP contribution in [0.25, 0.3) is 6.08 Å². The molecule has 132 valence electrons. The van der Waals surface area contributed by atoms with Crippen LogP contribution >= 0.6 is 11.8 Å². The van der Waals surface area contributed by atoms with Crippen LogP contribution in [0.15, 0.2) is 77.7 Å². The normalized spacial score (nSPS) is 12.8. The molecule has 2 rings (SSSR count). The highest BCUT2D eigenvalue weighted by Gasteiger charge is 2.15. The summed E-state index contributed by atoms with van der Waals surface area (Å²) in [4.78, 5) is 1.26. The van der Waals surface area contributed by atoms with Gasteiger partial charge in [0.05, 0.1) is 0 Å². The van der Waals surface area contributed by atoms with Crippen LogP contribution in [0.4, 0.5) is 0 Å². The average Bonchev–Trinajstić information content (AvgIpc) is 2.67. The third-order valence-electron chi connectivity index (χ3n) is 4.30. The standard InChI is InChI=1S/C23H29NS/c1-4-5-16-22(24-18-21-14-10-7-11-15-21)19(2)23(25-3)17-20-12-8-6-9-13-20/h6-15,17,22,24H,2,4-5,16,18H2,1,3H3/b23-17+. The zero-order chi connectivity index (χ0) is 17.9. The second-order valence-corrected chi connectivity index (χ2v) is 7.06. The lowest BCUT2D eigenvalue weighted by atomic mass is 10.0. The lowest BCUT2D eigenvalue weighted by Crippen LogP contribution is -2.30. The van der Waals surface area contributed by atoms with E-state index in [0.717, 1.165) is 13.0 Å². The number of rotatable bonds is 10. The van der Waals surface area contributed by atoms with Crippen LogP contribution in [-0.2, 0) is 6.54 Å². The minimum Gasteiger partial charge on any atom is -0.306 e. The molecule has 2 heteroatoms. The van der Waals surface area contributed by atoms with Gasteiger partial charge in [0.15, 0.2) is 0 Å². The first-order valence-corrected chi connectivity index (χ1v) is 10.2. The van der Waals surface area contributed by atoms with Crippen molar-refractivity contribution in [3.05, 3.63) is 88.8 Å². The molecular formula is C23H29NS. The van der Waals surface area contributed by atoms with Crippen LogP contribution in [0.3, 0.4) is 0 Å². The Morgan fingerprint density at radius 2 is 1.72 bits per heavy atom. The Morgan fingerprint density at radius 1 is 1.08 bits per heavy atom. The number of unbranched alkanes of at least 4 members (excludes halogenated alkanes) is 1. The summed E-state index contributed by atoms with van der Waals surface area (Å²) in [6.07, 6.45) is 7.91. The third-order valence-corrected chi connectivity index (χ3v) is 5.12. The van der Waals surface area contributed by atoms with E-state index >= 15 is 0 Å². The van der Waals surface area contributed by atoms with Gasteiger partial charge in [-0.15, -0.1) is 11.8 Å². The lowest BCUT2D eigenvalue weighted by molar-refractivity contribution is 0.520. The smallest absolute Gasteiger partial charge is 0.0328 e. The summed E-state index contributed by atoms with van der Waals surface area (Å²) >= 11 is 1.78. The van der Waals surface area contributed by atoms with Crippen molar-refractivity contribution in [1.29, 1.82) is 0 Å². The zero-order valence-corrected chi connectivity index (χ0v) is 16.2. The second-order valence-electron chi connectivity index (χ2n) is 6.21. The fraction of sp³-hybridized carbons (Fsp3) is 0.304. The first kappa shape index (κ1) is 19.6. The van der Waals surface area contributed by atoms with Gasteiger partial charge in [-0.2, -0.15) is 0 Å². The summed E-state index contributed by atoms with van der Waals surface area (Å²) in [5, 5.41) is 3.72. The minimum atomic E-state index is 0.308. The lowest BCUT2D eigenvalue weighted by Gasteiger charge is -2.23. The Labute approximate surface area is 157 Å². The van der Waals surface area contributed by atoms with Crippen molar-refractivity contribution in [2.45, 2.75) is 38.8 Å². The molecule has 0 aliphatic carbocycles. The first-order valence-electron chi connectivity index (χ1n) is 9.01. The van der Waals surface area contributed by atoms with Gasteiger partial charge in [-0.05, 0) is 35.5 Å². The Balaban J connectivity index is 2.11. The van der Waals surface area contributed by atoms with E-state index in [1.165, 1.54) is 34.4 Å². The zero-order valence-electron chi connectivity index (χ0n) is 15.4. The van der Waals surface area contributed by atoms with Crippen LogP contribution in [-0.4, -0.2) is 12.3 Å². The molecule has 1 atom stereocenters. The summed E-state index contributed by atoms with van der Waals surface area (Å²) in [6.45, 7) is 7.55. The summed E-state index contributed by atoms with van der Waals surface area (Å²) < 4.78 is 0. The van der Waals surface area contributed by atoms with Crippen LogP contribution < -0.4 is 5.32 Å². The fourth-order valence-corrected chi connectivity index (χ4v) is 3.46. The van der Waals surface area contributed by atoms with Crippen molar-refractivity contribution in [1.82, 2.24) is 5.32 Å². The highest BCUT2D eigenvalue weighted by atomic mass is 32.2. The molecule has 0 amide bonds. The number of hydrogen-bond acceptors (Lipinski definition) is 2. The summed E-state index contributed by atoms with van der Waals surface area (Å²) in [6, 6.07) is 21.4. The van der Waals surface area contributed by atoms with Crippen molar-refractivity contribution in [2.24, 2.45) is 0 Å². The maximum Gasteiger partial charge on any atom is 0.0328 e. The second kappa shape index (κ2) is 11.0. The molecule has 1 nitrogen and oxygen atoms in total. The molecule has 2 aromatic carbocycles. The SMILES string of the molecule is C=C(/C(=C\c1ccccc1)SC)C(CCCC)NCc1ccccc1. The Bertz CT molecular complexity index is 661. The van der Waals surface area contributed by atoms with Gasteiger partial charge in [0.1, 0.15) is 0 Å². The molecule has 0 heterocycles. The Morgan fingerprint density at radius 3 is 2.32 bits per heavy atom. The van der Waals surface area contributed by atoms with E-state index in [1.54, 1.807) is 11.8 Å². The van der Waals surface area contributed by atoms with Crippen molar-refractivity contribution in [2.75, 3.05) is 6.26 Å². The molecule has 0 radical (unpaired) electrons. The van der Waals surface area contributed by atoms with E-state index in [1.807, 2.05) is 0 Å². The molecule has 0 aromatic heterocycles. The maximum atomic E-state index is 4.44. The van der Waals surface area contributed by atoms with Crippen LogP contribution in [0.1, 0.15) is 37.3 Å². The fourth-order valence-electron chi connectivity index (χ4n) is 2.80. The molecule has 0 saturated heterocycles. The number of nitrogens with one attached hydrogen (secondary N) is 1. The average molecular weight is 352 g/mol. The molecule has 0 aliphatic heterocycles. The molecule has 0 spiro atoms. The van der Waals surface area contributed by atoms with Gasteiger partial charge in [-0.3, -0.25) is 0 Å². The molecule has 1 N–H and O–H groups in total. The topological polar surface area (TPSA) is 12.0 Å². The molecule has 2 aromatic rings. The maximum absolute atomic E-state index is 4.44. The van der Waals surface area contributed by atoms with Gasteiger partial charge >= 0.3 is 0 Å². The van der Waals surface area contributed by atoms with Crippen molar-refractivity contribution >= 4 is 17.8 Å². The number of benzene rings is 2. The monoisotopic (exact) mass is 351 g/mol. The van der Waals surface area contributed by atoms with E-state index in [0.29, 0.717) is 6.04 Å². The van der Waals surface area contributed by atoms with Crippen LogP contribution in [0.2, 0.25) is 0 Å². The van der Waals surface area contributed by atoms with E-state index in [-0.39, 0.29) is 0 Å². The van der Waals surface area contributed by atoms with Gasteiger partial charge in [0.2, 0.25) is 0 Å². The number of thioether (sulfide) groups is 1. The molecule has 25 heavy (non-hydrogen) atoms. The number of hydrogen-bond donors (Lipinski definition) is 1. The Kier molecular flexibility index (Phi) is 8.58. The molecule has 0 bridgehead atoms. The van der Waals surface area contributed by atoms with Crippen molar-refractivity contribution < 1.29 is 0 Å². The van der Waals surface area contributed by atoms with Gasteiger partial charge < -0.3 is 5.32 Å². The molecular weight excluding hydrogens is 322 g/mol. The minimum absolute atomic E-state index is 0.308. The predicted molar refractivity (Wildman–Crippen MR) is 114 cm³/mol. The summed E-state index contributed by atoms with van der Waals surface area (Å²) in [5.41, 5.74) is 3.74. The van der Waals surface area contributed by atoms with E-state index in [9.17, 15) is 0 Å². The van der Waals surface area contributed by atoms with Gasteiger partial charge in [-0.25, -0.2) is 0 Å². The Hall–Kier alpha value is -1.77. The van der Waals surface area contributed by atoms with E-state index in [4.69, 9.17) is 0 Å². The van der Waals surface area contributed by atoms with Gasteiger partial charge in [0.25, 0.3) is 0 Å². The summed E-state index contributed by atoms with van der Waals surface area (Å²) in [5.74, 6) is 0. The highest BCUT2D eigenvalue weighted by molar-refractivity contribution is 8.02.